The number of esters is 1. The number of ketones is 1. The highest BCUT2D eigenvalue weighted by Crippen LogP contribution is 2.42. The van der Waals surface area contributed by atoms with Crippen molar-refractivity contribution in [3.05, 3.63) is 0 Å². The summed E-state index contributed by atoms with van der Waals surface area (Å²) in [5.74, 6) is -4.47. The van der Waals surface area contributed by atoms with Gasteiger partial charge in [0.15, 0.2) is 12.6 Å². The van der Waals surface area contributed by atoms with Gasteiger partial charge in [-0.2, -0.15) is 8.42 Å². The number of nitrogens with zero attached hydrogens (tertiary/aromatic N) is 1. The number of carbonyl (C=O) groups excluding carboxylic acids is 2. The second-order valence-corrected chi connectivity index (χ2v) is 22.2. The van der Waals surface area contributed by atoms with E-state index in [-0.39, 0.29) is 43.8 Å². The lowest BCUT2D eigenvalue weighted by atomic mass is 9.74. The number of methoxy groups -OCH3 is 2. The minimum atomic E-state index is -4.23. The third-order valence-corrected chi connectivity index (χ3v) is 15.5. The van der Waals surface area contributed by atoms with Crippen LogP contribution in [0.15, 0.2) is 0 Å². The van der Waals surface area contributed by atoms with E-state index in [0.29, 0.717) is 12.8 Å². The SMILES string of the molecule is CCCCCCCCCCCCOS(=O)(=O)O.CC[C@H]1OC(=O)[C@H](C)[C@@H](O[C@H]2C[C@@](C)(OC)[C@@H](O)[C@H](C)O2)[C@H](C)[C@@H](O[C@@H]2O[C@H](C)C[C@H](N(C)C)[C@H]2O)[C@](C)(OC)C[C@@H](C)C(=O)[C@H](C)[C@@H](O)[C@]1(C)O. The Morgan fingerprint density at radius 2 is 1.30 bits per heavy atom. The van der Waals surface area contributed by atoms with E-state index in [1.165, 1.54) is 66.1 Å². The summed E-state index contributed by atoms with van der Waals surface area (Å²) in [6.45, 7) is 19.4. The summed E-state index contributed by atoms with van der Waals surface area (Å²) in [7, 11) is 2.53. The van der Waals surface area contributed by atoms with Crippen LogP contribution in [0.1, 0.15) is 166 Å². The van der Waals surface area contributed by atoms with Crippen molar-refractivity contribution in [3.8, 4) is 0 Å². The van der Waals surface area contributed by atoms with E-state index < -0.39 is 112 Å². The quantitative estimate of drug-likeness (QED) is 0.0520. The summed E-state index contributed by atoms with van der Waals surface area (Å²) in [6, 6.07) is -0.283. The topological polar surface area (TPSA) is 247 Å². The third-order valence-electron chi connectivity index (χ3n) is 15.0. The van der Waals surface area contributed by atoms with Crippen molar-refractivity contribution < 1.29 is 80.3 Å². The Kier molecular flexibility index (Phi) is 26.6. The number of Topliss-reactive ketones (excluding diaryl/α,β-unsaturated/α-hetero) is 1. The first kappa shape index (κ1) is 63.7. The van der Waals surface area contributed by atoms with E-state index in [1.807, 2.05) is 32.8 Å². The van der Waals surface area contributed by atoms with Crippen molar-refractivity contribution in [2.75, 3.05) is 34.9 Å². The molecule has 0 aromatic carbocycles. The smallest absolute Gasteiger partial charge is 0.397 e. The fourth-order valence-electron chi connectivity index (χ4n) is 10.3. The van der Waals surface area contributed by atoms with Crippen LogP contribution >= 0.6 is 0 Å². The van der Waals surface area contributed by atoms with Crippen LogP contribution in [0.2, 0.25) is 0 Å². The van der Waals surface area contributed by atoms with Crippen LogP contribution in [0.4, 0.5) is 0 Å². The number of aliphatic hydroxyl groups is 4. The molecule has 0 spiro atoms. The zero-order valence-corrected chi connectivity index (χ0v) is 45.6. The molecule has 0 unspecified atom stereocenters. The van der Waals surface area contributed by atoms with E-state index in [2.05, 4.69) is 11.1 Å². The molecule has 3 saturated heterocycles. The van der Waals surface area contributed by atoms with Crippen molar-refractivity contribution in [1.29, 1.82) is 0 Å². The number of cyclic esters (lactones) is 1. The highest BCUT2D eigenvalue weighted by atomic mass is 32.3. The Balaban J connectivity index is 0.000000813. The van der Waals surface area contributed by atoms with Gasteiger partial charge in [-0.25, -0.2) is 4.18 Å². The Morgan fingerprint density at radius 3 is 1.81 bits per heavy atom. The van der Waals surface area contributed by atoms with E-state index in [1.54, 1.807) is 48.5 Å². The molecule has 0 radical (unpaired) electrons. The van der Waals surface area contributed by atoms with Gasteiger partial charge in [-0.15, -0.1) is 0 Å². The fraction of sp³-hybridized carbons (Fsp3) is 0.960. The number of hydrogen-bond acceptors (Lipinski definition) is 17. The molecule has 0 amide bonds. The summed E-state index contributed by atoms with van der Waals surface area (Å²) in [5, 5.41) is 45.6. The largest absolute Gasteiger partial charge is 0.459 e. The molecule has 3 fully saturated rings. The average molecular weight is 1010 g/mol. The number of aliphatic hydroxyl groups excluding tert-OH is 3. The lowest BCUT2D eigenvalue weighted by molar-refractivity contribution is -0.319. The van der Waals surface area contributed by atoms with Crippen molar-refractivity contribution in [2.24, 2.45) is 23.7 Å². The number of hydrogen-bond donors (Lipinski definition) is 5. The van der Waals surface area contributed by atoms with Gasteiger partial charge in [0.1, 0.15) is 29.7 Å². The molecule has 0 aromatic heterocycles. The van der Waals surface area contributed by atoms with Gasteiger partial charge in [0, 0.05) is 44.4 Å². The molecule has 5 N–H and O–H groups in total. The van der Waals surface area contributed by atoms with Gasteiger partial charge >= 0.3 is 16.4 Å². The number of rotatable bonds is 20. The predicted molar refractivity (Wildman–Crippen MR) is 260 cm³/mol. The molecule has 0 bridgehead atoms. The van der Waals surface area contributed by atoms with Crippen LogP contribution in [0.3, 0.4) is 0 Å². The zero-order valence-electron chi connectivity index (χ0n) is 44.8. The van der Waals surface area contributed by atoms with Crippen LogP contribution in [0.5, 0.6) is 0 Å². The summed E-state index contributed by atoms with van der Waals surface area (Å²) in [6.07, 6.45) is 3.12. The van der Waals surface area contributed by atoms with Gasteiger partial charge in [-0.05, 0) is 81.3 Å². The second kappa shape index (κ2) is 28.9. The summed E-state index contributed by atoms with van der Waals surface area (Å²) in [4.78, 5) is 30.1. The van der Waals surface area contributed by atoms with Gasteiger partial charge in [0.05, 0.1) is 54.2 Å². The Hall–Kier alpha value is -1.43. The zero-order chi connectivity index (χ0) is 52.7. The molecule has 19 heteroatoms. The minimum absolute atomic E-state index is 0.0926. The van der Waals surface area contributed by atoms with Crippen molar-refractivity contribution in [1.82, 2.24) is 4.90 Å². The fourth-order valence-corrected chi connectivity index (χ4v) is 10.7. The number of unbranched alkanes of at least 4 members (excludes halogenated alkanes) is 9. The molecule has 18 atom stereocenters. The van der Waals surface area contributed by atoms with Gasteiger partial charge in [-0.3, -0.25) is 14.1 Å². The summed E-state index contributed by atoms with van der Waals surface area (Å²) < 4.78 is 76.9. The minimum Gasteiger partial charge on any atom is -0.459 e. The number of likely N-dealkylation sites (N-methyl/N-ethyl adjacent to an activating group) is 1. The highest BCUT2D eigenvalue weighted by Gasteiger charge is 2.54. The first-order valence-corrected chi connectivity index (χ1v) is 26.9. The van der Waals surface area contributed by atoms with Crippen LogP contribution in [-0.2, 0) is 57.3 Å². The molecular weight excluding hydrogens is 919 g/mol. The number of ether oxygens (including phenoxy) is 7. The highest BCUT2D eigenvalue weighted by molar-refractivity contribution is 7.80. The lowest BCUT2D eigenvalue weighted by Gasteiger charge is -2.50. The molecule has 18 nitrogen and oxygen atoms in total. The molecule has 0 aromatic rings. The molecule has 3 rings (SSSR count). The van der Waals surface area contributed by atoms with Crippen molar-refractivity contribution in [2.45, 2.75) is 250 Å². The van der Waals surface area contributed by atoms with Crippen LogP contribution in [0.25, 0.3) is 0 Å². The molecule has 0 aliphatic carbocycles. The normalized spacial score (nSPS) is 39.9. The van der Waals surface area contributed by atoms with Gasteiger partial charge in [0.25, 0.3) is 0 Å². The first-order chi connectivity index (χ1) is 32.0. The van der Waals surface area contributed by atoms with Gasteiger partial charge < -0.3 is 58.5 Å². The summed E-state index contributed by atoms with van der Waals surface area (Å²) >= 11 is 0. The standard InChI is InChI=1S/C38H69NO13.C12H26O4S/c1-15-26-38(10,45)31(42)21(4)28(40)19(2)17-37(9,47-14)33(52-35-29(41)25(39(11)12)16-20(3)48-35)22(5)30(23(6)34(44)50-26)51-27-18-36(8,46-13)32(43)24(7)49-27;1-2-3-4-5-6-7-8-9-10-11-12-16-17(13,14)15/h19-27,29-33,35,41-43,45H,15-18H2,1-14H3;2-12H2,1H3,(H,13,14,15)/t19-,20-,21+,22+,23-,24+,25+,26-,27+,29-,30+,31-,32+,33-,35+,36-,37-,38-;/m1./s1. The van der Waals surface area contributed by atoms with E-state index >= 15 is 0 Å². The average Bonchev–Trinajstić information content (AvgIpc) is 3.28. The Morgan fingerprint density at radius 1 is 0.754 bits per heavy atom. The van der Waals surface area contributed by atoms with Gasteiger partial charge in [0.2, 0.25) is 0 Å². The Labute approximate surface area is 415 Å². The van der Waals surface area contributed by atoms with Crippen LogP contribution < -0.4 is 0 Å². The maximum atomic E-state index is 14.2. The molecular formula is C50H95NO17S. The molecule has 3 aliphatic heterocycles. The van der Waals surface area contributed by atoms with Crippen molar-refractivity contribution >= 4 is 22.2 Å². The molecule has 3 aliphatic rings. The first-order valence-electron chi connectivity index (χ1n) is 25.6. The maximum Gasteiger partial charge on any atom is 0.397 e. The second-order valence-electron chi connectivity index (χ2n) is 21.1. The maximum absolute atomic E-state index is 14.2. The third kappa shape index (κ3) is 18.5. The lowest BCUT2D eigenvalue weighted by Crippen LogP contribution is -2.61. The monoisotopic (exact) mass is 1010 g/mol. The number of carbonyl (C=O) groups is 2. The van der Waals surface area contributed by atoms with Crippen LogP contribution in [0, 0.1) is 23.7 Å². The molecule has 408 valence electrons. The van der Waals surface area contributed by atoms with Crippen LogP contribution in [-0.4, -0.2) is 169 Å². The molecule has 0 saturated carbocycles. The molecule has 69 heavy (non-hydrogen) atoms. The van der Waals surface area contributed by atoms with Crippen molar-refractivity contribution in [3.63, 3.8) is 0 Å². The van der Waals surface area contributed by atoms with Gasteiger partial charge in [-0.1, -0.05) is 92.4 Å². The summed E-state index contributed by atoms with van der Waals surface area (Å²) in [5.41, 5.74) is -4.24. The molecule has 3 heterocycles. The van der Waals surface area contributed by atoms with E-state index in [4.69, 9.17) is 37.7 Å². The Bertz CT molecular complexity index is 1620. The predicted octanol–water partition coefficient (Wildman–Crippen LogP) is 6.17. The van der Waals surface area contributed by atoms with E-state index in [9.17, 15) is 38.4 Å². The van der Waals surface area contributed by atoms with E-state index in [0.717, 1.165) is 12.8 Å².